The number of rotatable bonds is 5. The van der Waals surface area contributed by atoms with Gasteiger partial charge in [-0.15, -0.1) is 0 Å². The van der Waals surface area contributed by atoms with Gasteiger partial charge in [0.2, 0.25) is 5.91 Å². The first-order chi connectivity index (χ1) is 8.70. The van der Waals surface area contributed by atoms with Crippen molar-refractivity contribution >= 4 is 32.8 Å². The molecule has 0 spiro atoms. The molecule has 0 fully saturated rings. The highest BCUT2D eigenvalue weighted by Crippen LogP contribution is 2.17. The van der Waals surface area contributed by atoms with Crippen molar-refractivity contribution in [3.8, 4) is 0 Å². The molecule has 0 bridgehead atoms. The van der Waals surface area contributed by atoms with Gasteiger partial charge in [-0.05, 0) is 18.6 Å². The summed E-state index contributed by atoms with van der Waals surface area (Å²) >= 11 is 3.47. The molecule has 0 aliphatic carbocycles. The van der Waals surface area contributed by atoms with Gasteiger partial charge in [0.15, 0.2) is 5.58 Å². The van der Waals surface area contributed by atoms with Gasteiger partial charge in [-0.25, -0.2) is 0 Å². The van der Waals surface area contributed by atoms with Crippen LogP contribution in [0, 0.1) is 0 Å². The number of benzene rings is 1. The molecule has 2 aromatic rings. The molecule has 1 N–H and O–H groups in total. The molecule has 2 rings (SSSR count). The minimum absolute atomic E-state index is 0.0352. The quantitative estimate of drug-likeness (QED) is 0.864. The molecule has 18 heavy (non-hydrogen) atoms. The lowest BCUT2D eigenvalue weighted by Gasteiger charge is -2.07. The topological polar surface area (TPSA) is 55.1 Å². The van der Waals surface area contributed by atoms with Crippen molar-refractivity contribution < 1.29 is 9.32 Å². The number of alkyl halides is 1. The van der Waals surface area contributed by atoms with Crippen LogP contribution in [0.4, 0.5) is 0 Å². The van der Waals surface area contributed by atoms with Crippen LogP contribution in [0.5, 0.6) is 0 Å². The first-order valence-electron chi connectivity index (χ1n) is 5.94. The third-order valence-corrected chi connectivity index (χ3v) is 3.72. The zero-order valence-corrected chi connectivity index (χ0v) is 11.7. The number of halogens is 1. The van der Waals surface area contributed by atoms with Crippen molar-refractivity contribution in [3.63, 3.8) is 0 Å². The Bertz CT molecular complexity index is 539. The van der Waals surface area contributed by atoms with Crippen LogP contribution >= 0.6 is 15.9 Å². The molecule has 1 heterocycles. The summed E-state index contributed by atoms with van der Waals surface area (Å²) in [4.78, 5) is 12.1. The molecular formula is C13H15BrN2O2. The predicted molar refractivity (Wildman–Crippen MR) is 73.7 cm³/mol. The van der Waals surface area contributed by atoms with E-state index in [9.17, 15) is 4.79 Å². The number of nitrogens with zero attached hydrogens (tertiary/aromatic N) is 1. The summed E-state index contributed by atoms with van der Waals surface area (Å²) in [5, 5.41) is 7.71. The number of hydrogen-bond acceptors (Lipinski definition) is 3. The number of carbonyl (C=O) groups excluding carboxylic acids is 1. The normalized spacial score (nSPS) is 12.6. The van der Waals surface area contributed by atoms with Crippen LogP contribution in [0.25, 0.3) is 11.0 Å². The van der Waals surface area contributed by atoms with Crippen molar-refractivity contribution in [3.05, 3.63) is 30.0 Å². The van der Waals surface area contributed by atoms with E-state index in [2.05, 4.69) is 33.3 Å². The molecule has 1 atom stereocenters. The van der Waals surface area contributed by atoms with E-state index in [1.54, 1.807) is 0 Å². The third-order valence-electron chi connectivity index (χ3n) is 2.74. The lowest BCUT2D eigenvalue weighted by molar-refractivity contribution is -0.120. The second-order valence-corrected chi connectivity index (χ2v) is 5.41. The van der Waals surface area contributed by atoms with E-state index in [1.807, 2.05) is 24.3 Å². The number of para-hydroxylation sites is 1. The SMILES string of the molecule is CCC(Br)CNC(=O)Cc1noc2ccccc12. The van der Waals surface area contributed by atoms with Crippen LogP contribution in [-0.4, -0.2) is 22.4 Å². The molecule has 0 saturated carbocycles. The maximum absolute atomic E-state index is 11.8. The minimum atomic E-state index is -0.0352. The monoisotopic (exact) mass is 310 g/mol. The Kier molecular flexibility index (Phi) is 4.36. The highest BCUT2D eigenvalue weighted by Gasteiger charge is 2.12. The molecular weight excluding hydrogens is 296 g/mol. The summed E-state index contributed by atoms with van der Waals surface area (Å²) in [6, 6.07) is 7.55. The first-order valence-corrected chi connectivity index (χ1v) is 6.86. The van der Waals surface area contributed by atoms with Crippen LogP contribution in [0.15, 0.2) is 28.8 Å². The molecule has 5 heteroatoms. The second-order valence-electron chi connectivity index (χ2n) is 4.11. The molecule has 1 aromatic carbocycles. The minimum Gasteiger partial charge on any atom is -0.356 e. The molecule has 0 aliphatic rings. The molecule has 0 radical (unpaired) electrons. The van der Waals surface area contributed by atoms with E-state index < -0.39 is 0 Å². The molecule has 0 aliphatic heterocycles. The van der Waals surface area contributed by atoms with Crippen molar-refractivity contribution in [2.45, 2.75) is 24.6 Å². The van der Waals surface area contributed by atoms with E-state index in [1.165, 1.54) is 0 Å². The number of hydrogen-bond donors (Lipinski definition) is 1. The van der Waals surface area contributed by atoms with Crippen molar-refractivity contribution in [1.29, 1.82) is 0 Å². The summed E-state index contributed by atoms with van der Waals surface area (Å²) in [7, 11) is 0. The average molecular weight is 311 g/mol. The zero-order valence-electron chi connectivity index (χ0n) is 10.1. The van der Waals surface area contributed by atoms with Crippen molar-refractivity contribution in [2.24, 2.45) is 0 Å². The largest absolute Gasteiger partial charge is 0.356 e. The highest BCUT2D eigenvalue weighted by molar-refractivity contribution is 9.09. The standard InChI is InChI=1S/C13H15BrN2O2/c1-2-9(14)8-15-13(17)7-11-10-5-3-4-6-12(10)18-16-11/h3-6,9H,2,7-8H2,1H3,(H,15,17). The zero-order chi connectivity index (χ0) is 13.0. The van der Waals surface area contributed by atoms with E-state index in [-0.39, 0.29) is 12.3 Å². The average Bonchev–Trinajstić information content (AvgIpc) is 2.79. The van der Waals surface area contributed by atoms with Crippen molar-refractivity contribution in [1.82, 2.24) is 10.5 Å². The Morgan fingerprint density at radius 3 is 3.06 bits per heavy atom. The molecule has 1 aromatic heterocycles. The molecule has 0 saturated heterocycles. The van der Waals surface area contributed by atoms with Crippen molar-refractivity contribution in [2.75, 3.05) is 6.54 Å². The highest BCUT2D eigenvalue weighted by atomic mass is 79.9. The summed E-state index contributed by atoms with van der Waals surface area (Å²) in [5.41, 5.74) is 1.40. The van der Waals surface area contributed by atoms with E-state index >= 15 is 0 Å². The van der Waals surface area contributed by atoms with Crippen LogP contribution in [-0.2, 0) is 11.2 Å². The van der Waals surface area contributed by atoms with Gasteiger partial charge in [-0.3, -0.25) is 4.79 Å². The molecule has 1 unspecified atom stereocenters. The van der Waals surface area contributed by atoms with Crippen LogP contribution in [0.3, 0.4) is 0 Å². The predicted octanol–water partition coefficient (Wildman–Crippen LogP) is 2.66. The van der Waals surface area contributed by atoms with E-state index in [0.29, 0.717) is 22.6 Å². The summed E-state index contributed by atoms with van der Waals surface area (Å²) < 4.78 is 5.16. The van der Waals surface area contributed by atoms with Gasteiger partial charge in [-0.1, -0.05) is 40.1 Å². The fraction of sp³-hybridized carbons (Fsp3) is 0.385. The number of nitrogens with one attached hydrogen (secondary N) is 1. The first kappa shape index (κ1) is 13.1. The summed E-state index contributed by atoms with van der Waals surface area (Å²) in [6.07, 6.45) is 1.23. The van der Waals surface area contributed by atoms with Crippen LogP contribution < -0.4 is 5.32 Å². The van der Waals surface area contributed by atoms with Crippen LogP contribution in [0.1, 0.15) is 19.0 Å². The van der Waals surface area contributed by atoms with Crippen LogP contribution in [0.2, 0.25) is 0 Å². The lowest BCUT2D eigenvalue weighted by Crippen LogP contribution is -2.30. The number of amides is 1. The Labute approximate surface area is 114 Å². The van der Waals surface area contributed by atoms with Gasteiger partial charge in [0.05, 0.1) is 6.42 Å². The number of carbonyl (C=O) groups is 1. The molecule has 96 valence electrons. The third kappa shape index (κ3) is 3.10. The molecule has 1 amide bonds. The Morgan fingerprint density at radius 1 is 1.50 bits per heavy atom. The number of aromatic nitrogens is 1. The summed E-state index contributed by atoms with van der Waals surface area (Å²) in [5.74, 6) is -0.0352. The van der Waals surface area contributed by atoms with Gasteiger partial charge in [-0.2, -0.15) is 0 Å². The number of fused-ring (bicyclic) bond motifs is 1. The Hall–Kier alpha value is -1.36. The summed E-state index contributed by atoms with van der Waals surface area (Å²) in [6.45, 7) is 2.70. The molecule has 4 nitrogen and oxygen atoms in total. The smallest absolute Gasteiger partial charge is 0.226 e. The Balaban J connectivity index is 1.99. The van der Waals surface area contributed by atoms with Gasteiger partial charge >= 0.3 is 0 Å². The maximum Gasteiger partial charge on any atom is 0.226 e. The Morgan fingerprint density at radius 2 is 2.28 bits per heavy atom. The van der Waals surface area contributed by atoms with E-state index in [0.717, 1.165) is 11.8 Å². The van der Waals surface area contributed by atoms with Gasteiger partial charge < -0.3 is 9.84 Å². The fourth-order valence-electron chi connectivity index (χ4n) is 1.65. The van der Waals surface area contributed by atoms with E-state index in [4.69, 9.17) is 4.52 Å². The maximum atomic E-state index is 11.8. The lowest BCUT2D eigenvalue weighted by atomic mass is 10.1. The van der Waals surface area contributed by atoms with Gasteiger partial charge in [0, 0.05) is 16.8 Å². The van der Waals surface area contributed by atoms with Gasteiger partial charge in [0.25, 0.3) is 0 Å². The van der Waals surface area contributed by atoms with Gasteiger partial charge in [0.1, 0.15) is 5.69 Å². The fourth-order valence-corrected chi connectivity index (χ4v) is 1.81. The second kappa shape index (κ2) is 6.00.